The Morgan fingerprint density at radius 3 is 2.34 bits per heavy atom. The Morgan fingerprint density at radius 2 is 1.59 bits per heavy atom. The number of nitrogens with zero attached hydrogens (tertiary/aromatic N) is 1. The highest BCUT2D eigenvalue weighted by molar-refractivity contribution is 6.00. The summed E-state index contributed by atoms with van der Waals surface area (Å²) >= 11 is 0. The van der Waals surface area contributed by atoms with Gasteiger partial charge >= 0.3 is 0 Å². The molecule has 3 aromatic carbocycles. The van der Waals surface area contributed by atoms with E-state index in [0.717, 1.165) is 22.5 Å². The molecule has 2 aromatic heterocycles. The minimum Gasteiger partial charge on any atom is -0.508 e. The highest BCUT2D eigenvalue weighted by Gasteiger charge is 2.22. The molecular weight excluding hydrogens is 362 g/mol. The molecule has 0 unspecified atom stereocenters. The van der Waals surface area contributed by atoms with Gasteiger partial charge in [-0.3, -0.25) is 4.79 Å². The largest absolute Gasteiger partial charge is 0.508 e. The van der Waals surface area contributed by atoms with E-state index in [0.29, 0.717) is 28.4 Å². The van der Waals surface area contributed by atoms with E-state index in [-0.39, 0.29) is 11.2 Å². The van der Waals surface area contributed by atoms with Gasteiger partial charge in [0.15, 0.2) is 5.58 Å². The molecule has 142 valence electrons. The fourth-order valence-electron chi connectivity index (χ4n) is 3.96. The van der Waals surface area contributed by atoms with Gasteiger partial charge in [-0.15, -0.1) is 0 Å². The zero-order chi connectivity index (χ0) is 20.0. The third kappa shape index (κ3) is 2.81. The first-order valence-corrected chi connectivity index (χ1v) is 9.50. The predicted octanol–water partition coefficient (Wildman–Crippen LogP) is 5.25. The van der Waals surface area contributed by atoms with Gasteiger partial charge in [-0.25, -0.2) is 0 Å². The summed E-state index contributed by atoms with van der Waals surface area (Å²) in [5.41, 5.74) is 4.96. The zero-order valence-electron chi connectivity index (χ0n) is 15.9. The van der Waals surface area contributed by atoms with E-state index in [1.807, 2.05) is 73.8 Å². The molecule has 29 heavy (non-hydrogen) atoms. The molecule has 5 rings (SSSR count). The van der Waals surface area contributed by atoms with Crippen molar-refractivity contribution in [3.63, 3.8) is 0 Å². The Kier molecular flexibility index (Phi) is 3.98. The summed E-state index contributed by atoms with van der Waals surface area (Å²) in [6, 6.07) is 24.4. The molecule has 4 heteroatoms. The van der Waals surface area contributed by atoms with Gasteiger partial charge < -0.3 is 14.1 Å². The summed E-state index contributed by atoms with van der Waals surface area (Å²) in [5.74, 6) is 0.230. The van der Waals surface area contributed by atoms with Gasteiger partial charge in [0, 0.05) is 13.5 Å². The maximum absolute atomic E-state index is 13.4. The van der Waals surface area contributed by atoms with Crippen LogP contribution in [0.3, 0.4) is 0 Å². The minimum absolute atomic E-state index is 0.0201. The Balaban J connectivity index is 1.86. The maximum Gasteiger partial charge on any atom is 0.202 e. The van der Waals surface area contributed by atoms with Crippen molar-refractivity contribution in [2.75, 3.05) is 0 Å². The molecule has 4 nitrogen and oxygen atoms in total. The Bertz CT molecular complexity index is 1390. The number of aromatic hydroxyl groups is 1. The lowest BCUT2D eigenvalue weighted by atomic mass is 10.1. The summed E-state index contributed by atoms with van der Waals surface area (Å²) < 4.78 is 8.32. The van der Waals surface area contributed by atoms with E-state index in [2.05, 4.69) is 4.57 Å². The van der Waals surface area contributed by atoms with Crippen LogP contribution in [0.4, 0.5) is 0 Å². The van der Waals surface area contributed by atoms with Gasteiger partial charge in [-0.1, -0.05) is 54.6 Å². The number of aromatic nitrogens is 1. The van der Waals surface area contributed by atoms with Crippen molar-refractivity contribution < 1.29 is 9.52 Å². The summed E-state index contributed by atoms with van der Waals surface area (Å²) in [6.45, 7) is 0. The van der Waals surface area contributed by atoms with E-state index in [1.54, 1.807) is 12.1 Å². The van der Waals surface area contributed by atoms with Crippen LogP contribution in [-0.4, -0.2) is 9.67 Å². The quantitative estimate of drug-likeness (QED) is 0.464. The number of phenolic OH excluding ortho intramolecular Hbond substituents is 1. The van der Waals surface area contributed by atoms with Crippen LogP contribution in [0.2, 0.25) is 0 Å². The second kappa shape index (κ2) is 6.67. The minimum atomic E-state index is -0.0201. The number of phenols is 1. The molecule has 0 atom stereocenters. The smallest absolute Gasteiger partial charge is 0.202 e. The van der Waals surface area contributed by atoms with Crippen LogP contribution < -0.4 is 5.43 Å². The van der Waals surface area contributed by atoms with Crippen molar-refractivity contribution in [3.8, 4) is 17.0 Å². The second-order valence-electron chi connectivity index (χ2n) is 7.20. The fourth-order valence-corrected chi connectivity index (χ4v) is 3.96. The highest BCUT2D eigenvalue weighted by atomic mass is 16.3. The average molecular weight is 381 g/mol. The lowest BCUT2D eigenvalue weighted by Gasteiger charge is -2.08. The van der Waals surface area contributed by atoms with Crippen LogP contribution in [-0.2, 0) is 13.5 Å². The molecule has 0 amide bonds. The first-order chi connectivity index (χ1) is 14.1. The third-order valence-electron chi connectivity index (χ3n) is 5.39. The molecule has 0 saturated carbocycles. The monoisotopic (exact) mass is 381 g/mol. The molecular formula is C25H19NO3. The molecule has 0 spiro atoms. The summed E-state index contributed by atoms with van der Waals surface area (Å²) in [6.07, 6.45) is 0.585. The number of benzene rings is 3. The van der Waals surface area contributed by atoms with Crippen LogP contribution in [0.5, 0.6) is 5.75 Å². The van der Waals surface area contributed by atoms with E-state index in [1.165, 1.54) is 0 Å². The fraction of sp³-hybridized carbons (Fsp3) is 0.0800. The molecule has 0 saturated heterocycles. The van der Waals surface area contributed by atoms with Gasteiger partial charge in [0.05, 0.1) is 22.2 Å². The van der Waals surface area contributed by atoms with Gasteiger partial charge in [-0.2, -0.15) is 0 Å². The van der Waals surface area contributed by atoms with Crippen molar-refractivity contribution in [1.82, 2.24) is 4.57 Å². The lowest BCUT2D eigenvalue weighted by Crippen LogP contribution is -2.02. The number of hydrogen-bond donors (Lipinski definition) is 1. The van der Waals surface area contributed by atoms with Crippen molar-refractivity contribution in [2.24, 2.45) is 7.05 Å². The SMILES string of the molecule is Cn1c(Cc2ccc(O)cc2)c2oc3ccccc3c(=O)c2c1-c1ccccc1. The number of hydrogen-bond acceptors (Lipinski definition) is 3. The van der Waals surface area contributed by atoms with Gasteiger partial charge in [-0.05, 0) is 35.4 Å². The maximum atomic E-state index is 13.4. The van der Waals surface area contributed by atoms with Crippen LogP contribution in [0, 0.1) is 0 Å². The summed E-state index contributed by atoms with van der Waals surface area (Å²) in [4.78, 5) is 13.4. The summed E-state index contributed by atoms with van der Waals surface area (Å²) in [7, 11) is 1.97. The lowest BCUT2D eigenvalue weighted by molar-refractivity contribution is 0.475. The highest BCUT2D eigenvalue weighted by Crippen LogP contribution is 2.34. The molecule has 1 N–H and O–H groups in total. The zero-order valence-corrected chi connectivity index (χ0v) is 15.9. The molecule has 2 heterocycles. The topological polar surface area (TPSA) is 55.4 Å². The van der Waals surface area contributed by atoms with Crippen molar-refractivity contribution in [2.45, 2.75) is 6.42 Å². The standard InChI is InChI=1S/C25H19NO3/c1-26-20(15-16-11-13-18(27)14-12-16)25-22(23(26)17-7-3-2-4-8-17)24(28)19-9-5-6-10-21(19)29-25/h2-14,27H,15H2,1H3. The van der Waals surface area contributed by atoms with Crippen molar-refractivity contribution in [3.05, 3.63) is 100 Å². The van der Waals surface area contributed by atoms with E-state index in [4.69, 9.17) is 4.42 Å². The van der Waals surface area contributed by atoms with Crippen LogP contribution in [0.15, 0.2) is 88.1 Å². The van der Waals surface area contributed by atoms with Gasteiger partial charge in [0.25, 0.3) is 0 Å². The molecule has 0 aliphatic carbocycles. The number of rotatable bonds is 3. The normalized spacial score (nSPS) is 11.3. The predicted molar refractivity (Wildman–Crippen MR) is 115 cm³/mol. The Labute approximate surface area is 167 Å². The third-order valence-corrected chi connectivity index (χ3v) is 5.39. The Hall–Kier alpha value is -3.79. The van der Waals surface area contributed by atoms with E-state index < -0.39 is 0 Å². The van der Waals surface area contributed by atoms with Gasteiger partial charge in [0.1, 0.15) is 11.3 Å². The van der Waals surface area contributed by atoms with E-state index in [9.17, 15) is 9.90 Å². The summed E-state index contributed by atoms with van der Waals surface area (Å²) in [5, 5.41) is 10.8. The molecule has 0 fully saturated rings. The molecule has 0 bridgehead atoms. The first kappa shape index (κ1) is 17.3. The second-order valence-corrected chi connectivity index (χ2v) is 7.20. The van der Waals surface area contributed by atoms with E-state index >= 15 is 0 Å². The van der Waals surface area contributed by atoms with Crippen molar-refractivity contribution in [1.29, 1.82) is 0 Å². The molecule has 0 aliphatic rings. The Morgan fingerprint density at radius 1 is 0.897 bits per heavy atom. The number of para-hydroxylation sites is 1. The molecule has 0 aliphatic heterocycles. The first-order valence-electron chi connectivity index (χ1n) is 9.50. The van der Waals surface area contributed by atoms with Crippen LogP contribution >= 0.6 is 0 Å². The van der Waals surface area contributed by atoms with Crippen LogP contribution in [0.1, 0.15) is 11.3 Å². The van der Waals surface area contributed by atoms with Crippen LogP contribution in [0.25, 0.3) is 33.2 Å². The van der Waals surface area contributed by atoms with Gasteiger partial charge in [0.2, 0.25) is 5.43 Å². The number of fused-ring (bicyclic) bond motifs is 2. The molecule has 5 aromatic rings. The molecule has 0 radical (unpaired) electrons. The van der Waals surface area contributed by atoms with Crippen molar-refractivity contribution >= 4 is 21.9 Å². The average Bonchev–Trinajstić information content (AvgIpc) is 3.02.